The van der Waals surface area contributed by atoms with Gasteiger partial charge in [-0.3, -0.25) is 9.88 Å². The summed E-state index contributed by atoms with van der Waals surface area (Å²) in [5.74, 6) is 0.946. The van der Waals surface area contributed by atoms with Crippen LogP contribution in [0.1, 0.15) is 44.1 Å². The van der Waals surface area contributed by atoms with Gasteiger partial charge in [-0.25, -0.2) is 0 Å². The van der Waals surface area contributed by atoms with E-state index in [4.69, 9.17) is 0 Å². The molecule has 0 N–H and O–H groups in total. The van der Waals surface area contributed by atoms with Crippen molar-refractivity contribution in [3.8, 4) is 0 Å². The highest BCUT2D eigenvalue weighted by Gasteiger charge is 2.38. The molecule has 2 saturated heterocycles. The van der Waals surface area contributed by atoms with Crippen LogP contribution in [0, 0.1) is 5.92 Å². The van der Waals surface area contributed by atoms with Gasteiger partial charge >= 0.3 is 0 Å². The van der Waals surface area contributed by atoms with E-state index in [0.29, 0.717) is 0 Å². The van der Waals surface area contributed by atoms with Gasteiger partial charge in [0.25, 0.3) is 0 Å². The second-order valence-electron chi connectivity index (χ2n) is 6.48. The Morgan fingerprint density at radius 3 is 2.37 bits per heavy atom. The molecule has 3 aliphatic rings. The zero-order valence-electron chi connectivity index (χ0n) is 11.5. The molecule has 2 aliphatic heterocycles. The van der Waals surface area contributed by atoms with Crippen LogP contribution in [-0.2, 0) is 6.54 Å². The number of nitrogens with zero attached hydrogens (tertiary/aromatic N) is 2. The minimum absolute atomic E-state index is 0.803. The number of piperidine rings is 1. The van der Waals surface area contributed by atoms with Gasteiger partial charge in [0.15, 0.2) is 0 Å². The van der Waals surface area contributed by atoms with Gasteiger partial charge in [-0.1, -0.05) is 11.6 Å². The first-order chi connectivity index (χ1) is 9.38. The standard InChI is InChI=1S/C17H22N2/c1-2-13(1)9-15-10-16-3-4-17(11-15)19(16)12-14-5-7-18-8-6-14/h5-9,13,16-17H,1-4,10-12H2. The van der Waals surface area contributed by atoms with Crippen molar-refractivity contribution in [3.05, 3.63) is 41.7 Å². The molecule has 2 bridgehead atoms. The number of allylic oxidation sites excluding steroid dienone is 1. The first-order valence-electron chi connectivity index (χ1n) is 7.73. The van der Waals surface area contributed by atoms with E-state index in [1.807, 2.05) is 12.4 Å². The van der Waals surface area contributed by atoms with Crippen LogP contribution in [0.4, 0.5) is 0 Å². The van der Waals surface area contributed by atoms with Crippen molar-refractivity contribution in [3.63, 3.8) is 0 Å². The van der Waals surface area contributed by atoms with Gasteiger partial charge in [-0.15, -0.1) is 0 Å². The number of hydrogen-bond donors (Lipinski definition) is 0. The molecule has 4 rings (SSSR count). The fraction of sp³-hybridized carbons (Fsp3) is 0.588. The Labute approximate surface area is 115 Å². The van der Waals surface area contributed by atoms with Crippen molar-refractivity contribution in [2.45, 2.75) is 57.2 Å². The lowest BCUT2D eigenvalue weighted by Crippen LogP contribution is -2.39. The summed E-state index contributed by atoms with van der Waals surface area (Å²) >= 11 is 0. The van der Waals surface area contributed by atoms with Gasteiger partial charge in [0.1, 0.15) is 0 Å². The summed E-state index contributed by atoms with van der Waals surface area (Å²) in [6, 6.07) is 5.93. The molecule has 19 heavy (non-hydrogen) atoms. The third-order valence-electron chi connectivity index (χ3n) is 4.97. The van der Waals surface area contributed by atoms with E-state index >= 15 is 0 Å². The first kappa shape index (κ1) is 11.7. The molecule has 0 amide bonds. The first-order valence-corrected chi connectivity index (χ1v) is 7.73. The normalized spacial score (nSPS) is 30.6. The van der Waals surface area contributed by atoms with Gasteiger partial charge in [0.2, 0.25) is 0 Å². The summed E-state index contributed by atoms with van der Waals surface area (Å²) < 4.78 is 0. The van der Waals surface area contributed by atoms with Crippen molar-refractivity contribution >= 4 is 0 Å². The molecule has 3 heterocycles. The van der Waals surface area contributed by atoms with E-state index in [-0.39, 0.29) is 0 Å². The average molecular weight is 254 g/mol. The molecule has 2 heteroatoms. The molecule has 1 aromatic heterocycles. The number of fused-ring (bicyclic) bond motifs is 2. The molecular weight excluding hydrogens is 232 g/mol. The smallest absolute Gasteiger partial charge is 0.0271 e. The maximum atomic E-state index is 4.12. The van der Waals surface area contributed by atoms with Crippen LogP contribution in [0.2, 0.25) is 0 Å². The lowest BCUT2D eigenvalue weighted by Gasteiger charge is -2.36. The zero-order chi connectivity index (χ0) is 12.7. The maximum absolute atomic E-state index is 4.12. The van der Waals surface area contributed by atoms with E-state index in [1.165, 1.54) is 44.1 Å². The molecule has 1 aromatic rings. The Hall–Kier alpha value is -1.15. The zero-order valence-corrected chi connectivity index (χ0v) is 11.5. The number of rotatable bonds is 3. The lowest BCUT2D eigenvalue weighted by atomic mass is 9.95. The average Bonchev–Trinajstić information content (AvgIpc) is 3.20. The maximum Gasteiger partial charge on any atom is 0.0271 e. The van der Waals surface area contributed by atoms with Crippen LogP contribution >= 0.6 is 0 Å². The highest BCUT2D eigenvalue weighted by Crippen LogP contribution is 2.41. The van der Waals surface area contributed by atoms with Gasteiger partial charge in [0.05, 0.1) is 0 Å². The van der Waals surface area contributed by atoms with E-state index in [0.717, 1.165) is 24.5 Å². The second-order valence-corrected chi connectivity index (χ2v) is 6.48. The molecule has 2 atom stereocenters. The number of aromatic nitrogens is 1. The third kappa shape index (κ3) is 2.46. The van der Waals surface area contributed by atoms with Gasteiger partial charge < -0.3 is 0 Å². The fourth-order valence-electron chi connectivity index (χ4n) is 3.83. The Morgan fingerprint density at radius 2 is 1.74 bits per heavy atom. The van der Waals surface area contributed by atoms with E-state index in [1.54, 1.807) is 5.57 Å². The largest absolute Gasteiger partial charge is 0.293 e. The molecule has 0 radical (unpaired) electrons. The SMILES string of the molecule is C(=C1CC2CCC(C1)N2Cc1ccncc1)C1CC1. The van der Waals surface area contributed by atoms with E-state index in [2.05, 4.69) is 28.1 Å². The summed E-state index contributed by atoms with van der Waals surface area (Å²) in [4.78, 5) is 6.87. The van der Waals surface area contributed by atoms with E-state index < -0.39 is 0 Å². The summed E-state index contributed by atoms with van der Waals surface area (Å²) in [7, 11) is 0. The summed E-state index contributed by atoms with van der Waals surface area (Å²) in [5, 5.41) is 0. The predicted octanol–water partition coefficient (Wildman–Crippen LogP) is 3.54. The molecule has 3 fully saturated rings. The van der Waals surface area contributed by atoms with Crippen LogP contribution in [0.5, 0.6) is 0 Å². The topological polar surface area (TPSA) is 16.1 Å². The summed E-state index contributed by atoms with van der Waals surface area (Å²) in [5.41, 5.74) is 3.18. The number of hydrogen-bond acceptors (Lipinski definition) is 2. The molecule has 100 valence electrons. The molecular formula is C17H22N2. The van der Waals surface area contributed by atoms with Gasteiger partial charge in [-0.05, 0) is 62.1 Å². The Bertz CT molecular complexity index is 459. The van der Waals surface area contributed by atoms with Gasteiger partial charge in [-0.2, -0.15) is 0 Å². The molecule has 2 unspecified atom stereocenters. The number of pyridine rings is 1. The quantitative estimate of drug-likeness (QED) is 0.767. The third-order valence-corrected chi connectivity index (χ3v) is 4.97. The highest BCUT2D eigenvalue weighted by atomic mass is 15.2. The molecule has 0 spiro atoms. The van der Waals surface area contributed by atoms with Crippen LogP contribution in [0.3, 0.4) is 0 Å². The lowest BCUT2D eigenvalue weighted by molar-refractivity contribution is 0.157. The molecule has 0 aromatic carbocycles. The minimum Gasteiger partial charge on any atom is -0.293 e. The second kappa shape index (κ2) is 4.75. The molecule has 1 saturated carbocycles. The minimum atomic E-state index is 0.803. The molecule has 1 aliphatic carbocycles. The van der Waals surface area contributed by atoms with Crippen molar-refractivity contribution < 1.29 is 0 Å². The van der Waals surface area contributed by atoms with E-state index in [9.17, 15) is 0 Å². The highest BCUT2D eigenvalue weighted by molar-refractivity contribution is 5.19. The predicted molar refractivity (Wildman–Crippen MR) is 76.6 cm³/mol. The summed E-state index contributed by atoms with van der Waals surface area (Å²) in [6.07, 6.45) is 14.8. The Balaban J connectivity index is 1.47. The Kier molecular flexibility index (Phi) is 2.92. The van der Waals surface area contributed by atoms with Crippen molar-refractivity contribution in [2.24, 2.45) is 5.92 Å². The van der Waals surface area contributed by atoms with Crippen LogP contribution < -0.4 is 0 Å². The van der Waals surface area contributed by atoms with Crippen molar-refractivity contribution in [1.29, 1.82) is 0 Å². The Morgan fingerprint density at radius 1 is 1.05 bits per heavy atom. The van der Waals surface area contributed by atoms with Crippen molar-refractivity contribution in [1.82, 2.24) is 9.88 Å². The van der Waals surface area contributed by atoms with Crippen molar-refractivity contribution in [2.75, 3.05) is 0 Å². The van der Waals surface area contributed by atoms with Crippen LogP contribution in [0.25, 0.3) is 0 Å². The van der Waals surface area contributed by atoms with Crippen LogP contribution in [0.15, 0.2) is 36.2 Å². The molecule has 2 nitrogen and oxygen atoms in total. The monoisotopic (exact) mass is 254 g/mol. The fourth-order valence-corrected chi connectivity index (χ4v) is 3.83. The van der Waals surface area contributed by atoms with Gasteiger partial charge in [0, 0.05) is 31.0 Å². The summed E-state index contributed by atoms with van der Waals surface area (Å²) in [6.45, 7) is 1.12. The van der Waals surface area contributed by atoms with Crippen LogP contribution in [-0.4, -0.2) is 22.0 Å².